The Bertz CT molecular complexity index is 554. The molecule has 0 aliphatic heterocycles. The van der Waals surface area contributed by atoms with Crippen molar-refractivity contribution in [2.24, 2.45) is 10.7 Å². The van der Waals surface area contributed by atoms with Crippen LogP contribution in [-0.4, -0.2) is 5.84 Å². The van der Waals surface area contributed by atoms with Gasteiger partial charge in [0.25, 0.3) is 0 Å². The number of anilines is 1. The van der Waals surface area contributed by atoms with Gasteiger partial charge in [-0.05, 0) is 23.8 Å². The Labute approximate surface area is 106 Å². The van der Waals surface area contributed by atoms with E-state index in [1.54, 1.807) is 6.20 Å². The van der Waals surface area contributed by atoms with Crippen molar-refractivity contribution in [3.8, 4) is 0 Å². The highest BCUT2D eigenvalue weighted by atomic mass is 14.8. The molecule has 4 N–H and O–H groups in total. The van der Waals surface area contributed by atoms with Crippen LogP contribution in [-0.2, 0) is 0 Å². The maximum absolute atomic E-state index is 5.86. The van der Waals surface area contributed by atoms with E-state index in [0.717, 1.165) is 16.8 Å². The highest BCUT2D eigenvalue weighted by Gasteiger charge is 1.93. The summed E-state index contributed by atoms with van der Waals surface area (Å²) < 4.78 is 0. The number of amidine groups is 1. The van der Waals surface area contributed by atoms with Crippen molar-refractivity contribution in [1.82, 2.24) is 0 Å². The highest BCUT2D eigenvalue weighted by molar-refractivity contribution is 5.97. The van der Waals surface area contributed by atoms with Gasteiger partial charge in [0.15, 0.2) is 0 Å². The van der Waals surface area contributed by atoms with Gasteiger partial charge in [0.05, 0.1) is 0 Å². The van der Waals surface area contributed by atoms with E-state index in [0.29, 0.717) is 5.84 Å². The standard InChI is InChI=1S/C15H15N3/c16-14-8-6-12(7-9-14)10-11-18-15(17)13-4-2-1-3-5-13/h1-11H,16H2,(H2,17,18). The van der Waals surface area contributed by atoms with Gasteiger partial charge in [-0.3, -0.25) is 0 Å². The van der Waals surface area contributed by atoms with Crippen LogP contribution < -0.4 is 11.5 Å². The largest absolute Gasteiger partial charge is 0.399 e. The van der Waals surface area contributed by atoms with Gasteiger partial charge < -0.3 is 11.5 Å². The lowest BCUT2D eigenvalue weighted by Gasteiger charge is -1.97. The maximum atomic E-state index is 5.86. The molecule has 0 saturated carbocycles. The molecular formula is C15H15N3. The molecule has 0 fully saturated rings. The molecule has 2 aromatic carbocycles. The van der Waals surface area contributed by atoms with E-state index in [2.05, 4.69) is 4.99 Å². The number of nitrogens with two attached hydrogens (primary N) is 2. The van der Waals surface area contributed by atoms with Crippen LogP contribution in [0.3, 0.4) is 0 Å². The summed E-state index contributed by atoms with van der Waals surface area (Å²) in [7, 11) is 0. The summed E-state index contributed by atoms with van der Waals surface area (Å²) in [6.07, 6.45) is 3.57. The van der Waals surface area contributed by atoms with Gasteiger partial charge in [-0.2, -0.15) is 0 Å². The molecule has 90 valence electrons. The minimum atomic E-state index is 0.502. The highest BCUT2D eigenvalue weighted by Crippen LogP contribution is 2.07. The Morgan fingerprint density at radius 3 is 2.28 bits per heavy atom. The molecule has 0 aliphatic carbocycles. The third kappa shape index (κ3) is 3.22. The second-order valence-corrected chi connectivity index (χ2v) is 3.86. The predicted octanol–water partition coefficient (Wildman–Crippen LogP) is 2.65. The van der Waals surface area contributed by atoms with Gasteiger partial charge in [-0.15, -0.1) is 0 Å². The number of aliphatic imine (C=N–C) groups is 1. The summed E-state index contributed by atoms with van der Waals surface area (Å²) >= 11 is 0. The molecule has 0 aliphatic rings. The minimum Gasteiger partial charge on any atom is -0.399 e. The second-order valence-electron chi connectivity index (χ2n) is 3.86. The second kappa shape index (κ2) is 5.68. The van der Waals surface area contributed by atoms with Crippen LogP contribution in [0.4, 0.5) is 5.69 Å². The van der Waals surface area contributed by atoms with Gasteiger partial charge in [0.2, 0.25) is 0 Å². The van der Waals surface area contributed by atoms with Gasteiger partial charge in [0, 0.05) is 17.5 Å². The summed E-state index contributed by atoms with van der Waals surface area (Å²) in [6.45, 7) is 0. The predicted molar refractivity (Wildman–Crippen MR) is 77.1 cm³/mol. The molecule has 3 heteroatoms. The van der Waals surface area contributed by atoms with Crippen molar-refractivity contribution in [2.45, 2.75) is 0 Å². The van der Waals surface area contributed by atoms with Crippen LogP contribution >= 0.6 is 0 Å². The smallest absolute Gasteiger partial charge is 0.130 e. The average Bonchev–Trinajstić information content (AvgIpc) is 2.42. The van der Waals surface area contributed by atoms with E-state index in [1.807, 2.05) is 60.7 Å². The fraction of sp³-hybridized carbons (Fsp3) is 0. The first-order valence-electron chi connectivity index (χ1n) is 5.66. The third-order valence-corrected chi connectivity index (χ3v) is 2.49. The fourth-order valence-corrected chi connectivity index (χ4v) is 1.49. The van der Waals surface area contributed by atoms with E-state index in [4.69, 9.17) is 11.5 Å². The van der Waals surface area contributed by atoms with E-state index in [-0.39, 0.29) is 0 Å². The molecule has 0 heterocycles. The van der Waals surface area contributed by atoms with Crippen LogP contribution in [0.1, 0.15) is 11.1 Å². The topological polar surface area (TPSA) is 64.4 Å². The molecule has 18 heavy (non-hydrogen) atoms. The van der Waals surface area contributed by atoms with Gasteiger partial charge in [-0.25, -0.2) is 4.99 Å². The van der Waals surface area contributed by atoms with Crippen LogP contribution in [0.25, 0.3) is 6.08 Å². The molecule has 0 radical (unpaired) electrons. The van der Waals surface area contributed by atoms with Crippen LogP contribution in [0, 0.1) is 0 Å². The van der Waals surface area contributed by atoms with Gasteiger partial charge in [-0.1, -0.05) is 42.5 Å². The number of rotatable bonds is 3. The van der Waals surface area contributed by atoms with Crippen molar-refractivity contribution >= 4 is 17.6 Å². The van der Waals surface area contributed by atoms with E-state index in [1.165, 1.54) is 0 Å². The van der Waals surface area contributed by atoms with Gasteiger partial charge in [0.1, 0.15) is 5.84 Å². The lowest BCUT2D eigenvalue weighted by molar-refractivity contribution is 1.47. The van der Waals surface area contributed by atoms with Crippen LogP contribution in [0.15, 0.2) is 65.8 Å². The Balaban J connectivity index is 2.08. The summed E-state index contributed by atoms with van der Waals surface area (Å²) in [5.74, 6) is 0.502. The summed E-state index contributed by atoms with van der Waals surface area (Å²) in [6, 6.07) is 17.2. The Hall–Kier alpha value is -2.55. The molecule has 3 nitrogen and oxygen atoms in total. The maximum Gasteiger partial charge on any atom is 0.130 e. The fourth-order valence-electron chi connectivity index (χ4n) is 1.49. The summed E-state index contributed by atoms with van der Waals surface area (Å²) in [5, 5.41) is 0. The molecule has 2 rings (SSSR count). The normalized spacial score (nSPS) is 11.9. The molecule has 0 saturated heterocycles. The first-order chi connectivity index (χ1) is 8.75. The van der Waals surface area contributed by atoms with Crippen molar-refractivity contribution in [2.75, 3.05) is 5.73 Å². The van der Waals surface area contributed by atoms with Crippen LogP contribution in [0.2, 0.25) is 0 Å². The average molecular weight is 237 g/mol. The Morgan fingerprint density at radius 1 is 0.944 bits per heavy atom. The first kappa shape index (κ1) is 11.9. The van der Waals surface area contributed by atoms with Crippen molar-refractivity contribution < 1.29 is 0 Å². The van der Waals surface area contributed by atoms with E-state index < -0.39 is 0 Å². The number of hydrogen-bond acceptors (Lipinski definition) is 2. The molecule has 0 amide bonds. The summed E-state index contributed by atoms with van der Waals surface area (Å²) in [4.78, 5) is 4.19. The zero-order valence-electron chi connectivity index (χ0n) is 9.95. The number of benzene rings is 2. The number of nitrogens with zero attached hydrogens (tertiary/aromatic N) is 1. The van der Waals surface area contributed by atoms with E-state index >= 15 is 0 Å². The minimum absolute atomic E-state index is 0.502. The lowest BCUT2D eigenvalue weighted by Crippen LogP contribution is -2.12. The zero-order chi connectivity index (χ0) is 12.8. The molecular weight excluding hydrogens is 222 g/mol. The van der Waals surface area contributed by atoms with Crippen molar-refractivity contribution in [1.29, 1.82) is 0 Å². The lowest BCUT2D eigenvalue weighted by atomic mass is 10.2. The van der Waals surface area contributed by atoms with Gasteiger partial charge >= 0.3 is 0 Å². The van der Waals surface area contributed by atoms with Crippen molar-refractivity contribution in [3.63, 3.8) is 0 Å². The number of nitrogen functional groups attached to an aromatic ring is 1. The zero-order valence-corrected chi connectivity index (χ0v) is 9.95. The Kier molecular flexibility index (Phi) is 3.76. The van der Waals surface area contributed by atoms with Crippen molar-refractivity contribution in [3.05, 3.63) is 71.9 Å². The first-order valence-corrected chi connectivity index (χ1v) is 5.66. The molecule has 0 aromatic heterocycles. The molecule has 2 aromatic rings. The Morgan fingerprint density at radius 2 is 1.61 bits per heavy atom. The SMILES string of the molecule is NC(=NC=Cc1ccc(N)cc1)c1ccccc1. The molecule has 0 unspecified atom stereocenters. The monoisotopic (exact) mass is 237 g/mol. The third-order valence-electron chi connectivity index (χ3n) is 2.49. The molecule has 0 spiro atoms. The summed E-state index contributed by atoms with van der Waals surface area (Å²) in [5.41, 5.74) is 14.2. The van der Waals surface area contributed by atoms with Crippen LogP contribution in [0.5, 0.6) is 0 Å². The van der Waals surface area contributed by atoms with E-state index in [9.17, 15) is 0 Å². The molecule has 0 bridgehead atoms. The number of hydrogen-bond donors (Lipinski definition) is 2. The quantitative estimate of drug-likeness (QED) is 0.489. The molecule has 0 atom stereocenters.